The van der Waals surface area contributed by atoms with Crippen molar-refractivity contribution in [3.63, 3.8) is 0 Å². The molecule has 0 aliphatic rings. The van der Waals surface area contributed by atoms with Crippen LogP contribution in [-0.4, -0.2) is 25.0 Å². The van der Waals surface area contributed by atoms with Gasteiger partial charge in [0.25, 0.3) is 0 Å². The number of hydrogen-bond acceptors (Lipinski definition) is 3. The molecule has 0 spiro atoms. The minimum Gasteiger partial charge on any atom is -0.352 e. The minimum absolute atomic E-state index is 0. The Hall–Kier alpha value is 2.53. The molecule has 10 heavy (non-hydrogen) atoms. The maximum absolute atomic E-state index is 8.11. The van der Waals surface area contributed by atoms with E-state index in [2.05, 4.69) is 4.52 Å². The molecular weight excluding hydrogens is 419 g/mol. The molecule has 1 unspecified atom stereocenters. The maximum Gasteiger partial charge on any atom is 0.156 e. The zero-order chi connectivity index (χ0) is 6.41. The Labute approximate surface area is 104 Å². The van der Waals surface area contributed by atoms with Crippen LogP contribution in [0.3, 0.4) is 0 Å². The molecule has 3 nitrogen and oxygen atoms in total. The first-order chi connectivity index (χ1) is 3.77. The van der Waals surface area contributed by atoms with Crippen molar-refractivity contribution in [2.45, 2.75) is 0 Å². The van der Waals surface area contributed by atoms with Crippen molar-refractivity contribution in [3.05, 3.63) is 0 Å². The third-order valence-corrected chi connectivity index (χ3v) is 1.30. The van der Waals surface area contributed by atoms with E-state index in [-0.39, 0.29) is 68.7 Å². The molecule has 1 radical (unpaired) electrons. The third kappa shape index (κ3) is 16.9. The summed E-state index contributed by atoms with van der Waals surface area (Å²) < 4.78 is 9.49. The standard InChI is InChI=1S/C3H10O3P2.W.Y/c1-8(2)6-3-5-7-4;;/h4,7H,3H2,1-2H3;;. The molecule has 0 aromatic rings. The smallest absolute Gasteiger partial charge is 0.156 e. The topological polar surface area (TPSA) is 38.7 Å². The van der Waals surface area contributed by atoms with Gasteiger partial charge in [-0.15, -0.1) is 0 Å². The van der Waals surface area contributed by atoms with Crippen LogP contribution in [0.1, 0.15) is 0 Å². The van der Waals surface area contributed by atoms with Gasteiger partial charge in [-0.05, 0) is 13.3 Å². The van der Waals surface area contributed by atoms with Crippen LogP contribution in [0, 0.1) is 0 Å². The fraction of sp³-hybridized carbons (Fsp3) is 1.00. The molecule has 1 atom stereocenters. The second kappa shape index (κ2) is 14.1. The van der Waals surface area contributed by atoms with E-state index in [1.807, 2.05) is 13.3 Å². The molecule has 0 aromatic heterocycles. The molecule has 0 amide bonds. The molecule has 1 N–H and O–H groups in total. The van der Waals surface area contributed by atoms with Crippen LogP contribution in [0.15, 0.2) is 0 Å². The van der Waals surface area contributed by atoms with Crippen LogP contribution in [-0.2, 0) is 62.8 Å². The summed E-state index contributed by atoms with van der Waals surface area (Å²) in [7, 11) is -0.801. The zero-order valence-electron chi connectivity index (χ0n) is 5.90. The van der Waals surface area contributed by atoms with Crippen molar-refractivity contribution >= 4 is 17.2 Å². The molecule has 0 aliphatic carbocycles. The Bertz CT molecular complexity index is 59.0. The molecule has 0 bridgehead atoms. The van der Waals surface area contributed by atoms with Gasteiger partial charge in [-0.3, -0.25) is 0 Å². The van der Waals surface area contributed by atoms with Gasteiger partial charge >= 0.3 is 0 Å². The van der Waals surface area contributed by atoms with Crippen LogP contribution in [0.5, 0.6) is 0 Å². The van der Waals surface area contributed by atoms with Crippen LogP contribution in [0.4, 0.5) is 0 Å². The monoisotopic (exact) mass is 429 g/mol. The molecule has 0 rings (SSSR count). The summed E-state index contributed by atoms with van der Waals surface area (Å²) in [4.78, 5) is 8.11. The predicted octanol–water partition coefficient (Wildman–Crippen LogP) is 1.13. The average Bonchev–Trinajstić information content (AvgIpc) is 1.66. The van der Waals surface area contributed by atoms with Gasteiger partial charge in [0.2, 0.25) is 0 Å². The summed E-state index contributed by atoms with van der Waals surface area (Å²) in [6.45, 7) is 4.16. The summed E-state index contributed by atoms with van der Waals surface area (Å²) in [5, 5.41) is 0. The first kappa shape index (κ1) is 18.3. The van der Waals surface area contributed by atoms with E-state index in [1.165, 1.54) is 0 Å². The van der Waals surface area contributed by atoms with Crippen molar-refractivity contribution in [2.75, 3.05) is 20.1 Å². The van der Waals surface area contributed by atoms with Gasteiger partial charge in [0.15, 0.2) is 15.8 Å². The van der Waals surface area contributed by atoms with E-state index in [1.54, 1.807) is 0 Å². The first-order valence-corrected chi connectivity index (χ1v) is 5.09. The summed E-state index contributed by atoms with van der Waals surface area (Å²) in [6.07, 6.45) is 0. The maximum atomic E-state index is 8.11. The Morgan fingerprint density at radius 3 is 2.30 bits per heavy atom. The van der Waals surface area contributed by atoms with Crippen LogP contribution in [0.2, 0.25) is 0 Å². The Balaban J connectivity index is -0.000000245. The number of hydrogen-bond donors (Lipinski definition) is 1. The van der Waals surface area contributed by atoms with Crippen molar-refractivity contribution in [3.8, 4) is 0 Å². The van der Waals surface area contributed by atoms with Crippen LogP contribution in [0.25, 0.3) is 0 Å². The van der Waals surface area contributed by atoms with E-state index < -0.39 is 9.03 Å². The van der Waals surface area contributed by atoms with Crippen molar-refractivity contribution < 1.29 is 67.7 Å². The average molecular weight is 429 g/mol. The van der Waals surface area contributed by atoms with E-state index in [4.69, 9.17) is 9.42 Å². The SMILES string of the molecule is CP(C)OCOPO.[W].[Y]. The summed E-state index contributed by atoms with van der Waals surface area (Å²) in [5.74, 6) is 0. The third-order valence-electron chi connectivity index (χ3n) is 0.434. The van der Waals surface area contributed by atoms with Gasteiger partial charge in [0.05, 0.1) is 0 Å². The minimum atomic E-state index is -0.457. The second-order valence-electron chi connectivity index (χ2n) is 1.29. The molecule has 7 heteroatoms. The molecule has 0 saturated carbocycles. The summed E-state index contributed by atoms with van der Waals surface area (Å²) in [6, 6.07) is 0. The molecule has 0 fully saturated rings. The Morgan fingerprint density at radius 2 is 2.00 bits per heavy atom. The van der Waals surface area contributed by atoms with Gasteiger partial charge in [-0.1, -0.05) is 0 Å². The molecule has 0 aromatic carbocycles. The van der Waals surface area contributed by atoms with Crippen molar-refractivity contribution in [1.82, 2.24) is 0 Å². The van der Waals surface area contributed by atoms with Gasteiger partial charge in [0.1, 0.15) is 0 Å². The molecule has 59 valence electrons. The fourth-order valence-electron chi connectivity index (χ4n) is 0.158. The molecule has 0 heterocycles. The van der Waals surface area contributed by atoms with E-state index in [0.29, 0.717) is 0 Å². The van der Waals surface area contributed by atoms with Crippen molar-refractivity contribution in [1.29, 1.82) is 0 Å². The van der Waals surface area contributed by atoms with E-state index in [0.717, 1.165) is 0 Å². The molecular formula is C3H10O3P2WY. The Morgan fingerprint density at radius 1 is 1.50 bits per heavy atom. The zero-order valence-corrected chi connectivity index (χ0v) is 13.6. The number of rotatable bonds is 4. The predicted molar refractivity (Wildman–Crippen MR) is 36.3 cm³/mol. The quantitative estimate of drug-likeness (QED) is 0.414. The van der Waals surface area contributed by atoms with Crippen LogP contribution >= 0.6 is 17.2 Å². The van der Waals surface area contributed by atoms with Gasteiger partial charge in [-0.25, -0.2) is 0 Å². The van der Waals surface area contributed by atoms with Gasteiger partial charge < -0.3 is 13.9 Å². The van der Waals surface area contributed by atoms with Crippen molar-refractivity contribution in [2.24, 2.45) is 0 Å². The Kier molecular flexibility index (Phi) is 25.8. The molecule has 0 saturated heterocycles. The second-order valence-corrected chi connectivity index (χ2v) is 3.65. The first-order valence-electron chi connectivity index (χ1n) is 2.08. The summed E-state index contributed by atoms with van der Waals surface area (Å²) in [5.41, 5.74) is 0. The van der Waals surface area contributed by atoms with E-state index >= 15 is 0 Å². The molecule has 0 aliphatic heterocycles. The normalized spacial score (nSPS) is 9.60. The fourth-order valence-corrected chi connectivity index (χ4v) is 0.632. The van der Waals surface area contributed by atoms with Gasteiger partial charge in [-0.2, -0.15) is 0 Å². The van der Waals surface area contributed by atoms with Gasteiger partial charge in [0, 0.05) is 61.9 Å². The van der Waals surface area contributed by atoms with E-state index in [9.17, 15) is 0 Å². The largest absolute Gasteiger partial charge is 0.352 e. The van der Waals surface area contributed by atoms with Crippen LogP contribution < -0.4 is 0 Å². The summed E-state index contributed by atoms with van der Waals surface area (Å²) >= 11 is 0.